The average Bonchev–Trinajstić information content (AvgIpc) is 2.42. The third kappa shape index (κ3) is 6.06. The third-order valence-electron chi connectivity index (χ3n) is 2.69. The number of hydrogen-bond donors (Lipinski definition) is 2. The van der Waals surface area contributed by atoms with Crippen molar-refractivity contribution in [1.82, 2.24) is 9.62 Å². The number of halogens is 1. The fraction of sp³-hybridized carbons (Fsp3) is 0.538. The first-order chi connectivity index (χ1) is 9.86. The molecule has 0 heterocycles. The molecule has 0 saturated carbocycles. The summed E-state index contributed by atoms with van der Waals surface area (Å²) in [6.45, 7) is 1.13. The van der Waals surface area contributed by atoms with Gasteiger partial charge in [0.05, 0.1) is 19.8 Å². The van der Waals surface area contributed by atoms with Crippen molar-refractivity contribution in [3.8, 4) is 0 Å². The van der Waals surface area contributed by atoms with Crippen molar-refractivity contribution in [3.05, 3.63) is 29.6 Å². The maximum absolute atomic E-state index is 13.6. The SMILES string of the molecule is CN(C)CCOCCNS(=O)(=O)c1cc(CO)ccc1F. The van der Waals surface area contributed by atoms with Gasteiger partial charge < -0.3 is 14.7 Å². The number of ether oxygens (including phenoxy) is 1. The highest BCUT2D eigenvalue weighted by Gasteiger charge is 2.18. The number of sulfonamides is 1. The smallest absolute Gasteiger partial charge is 0.243 e. The van der Waals surface area contributed by atoms with Gasteiger partial charge in [0.15, 0.2) is 0 Å². The van der Waals surface area contributed by atoms with Crippen LogP contribution in [0.25, 0.3) is 0 Å². The van der Waals surface area contributed by atoms with Gasteiger partial charge in [-0.1, -0.05) is 6.07 Å². The zero-order chi connectivity index (χ0) is 15.9. The van der Waals surface area contributed by atoms with Crippen LogP contribution in [0.1, 0.15) is 5.56 Å². The summed E-state index contributed by atoms with van der Waals surface area (Å²) in [6, 6.07) is 3.47. The molecule has 0 unspecified atom stereocenters. The topological polar surface area (TPSA) is 78.9 Å². The molecule has 1 aromatic rings. The minimum absolute atomic E-state index is 0.0541. The first-order valence-corrected chi connectivity index (χ1v) is 7.96. The Balaban J connectivity index is 2.54. The van der Waals surface area contributed by atoms with Crippen molar-refractivity contribution in [2.45, 2.75) is 11.5 Å². The molecule has 0 bridgehead atoms. The van der Waals surface area contributed by atoms with Gasteiger partial charge in [-0.3, -0.25) is 0 Å². The van der Waals surface area contributed by atoms with Crippen LogP contribution in [0.15, 0.2) is 23.1 Å². The number of aliphatic hydroxyl groups excluding tert-OH is 1. The second kappa shape index (κ2) is 8.40. The van der Waals surface area contributed by atoms with E-state index in [1.54, 1.807) is 0 Å². The quantitative estimate of drug-likeness (QED) is 0.634. The lowest BCUT2D eigenvalue weighted by atomic mass is 10.2. The number of nitrogens with zero attached hydrogens (tertiary/aromatic N) is 1. The molecule has 0 aliphatic heterocycles. The summed E-state index contributed by atoms with van der Waals surface area (Å²) in [5.74, 6) is -0.853. The monoisotopic (exact) mass is 320 g/mol. The Labute approximate surface area is 124 Å². The van der Waals surface area contributed by atoms with E-state index < -0.39 is 20.7 Å². The zero-order valence-corrected chi connectivity index (χ0v) is 13.0. The normalized spacial score (nSPS) is 12.0. The minimum Gasteiger partial charge on any atom is -0.392 e. The maximum atomic E-state index is 13.6. The predicted molar refractivity (Wildman–Crippen MR) is 76.9 cm³/mol. The van der Waals surface area contributed by atoms with Gasteiger partial charge in [-0.15, -0.1) is 0 Å². The van der Waals surface area contributed by atoms with Crippen LogP contribution in [0.4, 0.5) is 4.39 Å². The zero-order valence-electron chi connectivity index (χ0n) is 12.2. The molecule has 0 aliphatic carbocycles. The molecule has 0 aromatic heterocycles. The fourth-order valence-corrected chi connectivity index (χ4v) is 2.67. The second-order valence-corrected chi connectivity index (χ2v) is 6.47. The third-order valence-corrected chi connectivity index (χ3v) is 4.17. The molecule has 1 aromatic carbocycles. The molecule has 0 spiro atoms. The standard InChI is InChI=1S/C13H21FN2O4S/c1-16(2)6-8-20-7-5-15-21(18,19)13-9-11(10-17)3-4-12(13)14/h3-4,9,15,17H,5-8,10H2,1-2H3. The summed E-state index contributed by atoms with van der Waals surface area (Å²) >= 11 is 0. The Morgan fingerprint density at radius 2 is 2.05 bits per heavy atom. The van der Waals surface area contributed by atoms with Gasteiger partial charge in [0.2, 0.25) is 10.0 Å². The first-order valence-electron chi connectivity index (χ1n) is 6.48. The Bertz CT molecular complexity index is 549. The molecule has 0 amide bonds. The van der Waals surface area contributed by atoms with E-state index in [9.17, 15) is 12.8 Å². The number of aliphatic hydroxyl groups is 1. The van der Waals surface area contributed by atoms with Crippen molar-refractivity contribution in [3.63, 3.8) is 0 Å². The van der Waals surface area contributed by atoms with Crippen LogP contribution in [-0.2, 0) is 21.4 Å². The van der Waals surface area contributed by atoms with Gasteiger partial charge in [0.1, 0.15) is 10.7 Å². The number of likely N-dealkylation sites (N-methyl/N-ethyl adjacent to an activating group) is 1. The Morgan fingerprint density at radius 1 is 1.33 bits per heavy atom. The Hall–Kier alpha value is -1.06. The summed E-state index contributed by atoms with van der Waals surface area (Å²) in [5.41, 5.74) is 0.332. The molecule has 6 nitrogen and oxygen atoms in total. The number of hydrogen-bond acceptors (Lipinski definition) is 5. The van der Waals surface area contributed by atoms with Crippen LogP contribution in [0.2, 0.25) is 0 Å². The average molecular weight is 320 g/mol. The van der Waals surface area contributed by atoms with Gasteiger partial charge in [0.25, 0.3) is 0 Å². The van der Waals surface area contributed by atoms with Crippen LogP contribution in [0, 0.1) is 5.82 Å². The van der Waals surface area contributed by atoms with Crippen LogP contribution < -0.4 is 4.72 Å². The summed E-state index contributed by atoms with van der Waals surface area (Å²) in [5, 5.41) is 8.97. The first kappa shape index (κ1) is 18.0. The molecular formula is C13H21FN2O4S. The van der Waals surface area contributed by atoms with E-state index in [0.717, 1.165) is 18.7 Å². The highest BCUT2D eigenvalue weighted by atomic mass is 32.2. The fourth-order valence-electron chi connectivity index (χ4n) is 1.53. The molecule has 0 aliphatic rings. The lowest BCUT2D eigenvalue weighted by molar-refractivity contribution is 0.122. The van der Waals surface area contributed by atoms with E-state index in [1.165, 1.54) is 6.07 Å². The van der Waals surface area contributed by atoms with Gasteiger partial charge in [-0.2, -0.15) is 0 Å². The van der Waals surface area contributed by atoms with Crippen LogP contribution in [0.3, 0.4) is 0 Å². The molecule has 0 atom stereocenters. The van der Waals surface area contributed by atoms with Crippen LogP contribution in [0.5, 0.6) is 0 Å². The Kier molecular flexibility index (Phi) is 7.20. The lowest BCUT2D eigenvalue weighted by Crippen LogP contribution is -2.29. The molecule has 0 saturated heterocycles. The van der Waals surface area contributed by atoms with Crippen molar-refractivity contribution in [2.75, 3.05) is 40.4 Å². The van der Waals surface area contributed by atoms with Gasteiger partial charge in [-0.25, -0.2) is 17.5 Å². The van der Waals surface area contributed by atoms with Crippen molar-refractivity contribution in [1.29, 1.82) is 0 Å². The van der Waals surface area contributed by atoms with Gasteiger partial charge in [0, 0.05) is 13.1 Å². The van der Waals surface area contributed by atoms with Gasteiger partial charge in [-0.05, 0) is 31.8 Å². The number of benzene rings is 1. The highest BCUT2D eigenvalue weighted by Crippen LogP contribution is 2.16. The van der Waals surface area contributed by atoms with Gasteiger partial charge >= 0.3 is 0 Å². The maximum Gasteiger partial charge on any atom is 0.243 e. The molecule has 1 rings (SSSR count). The van der Waals surface area contributed by atoms with Crippen molar-refractivity contribution >= 4 is 10.0 Å². The van der Waals surface area contributed by atoms with E-state index >= 15 is 0 Å². The molecule has 2 N–H and O–H groups in total. The summed E-state index contributed by atoms with van der Waals surface area (Å²) < 4.78 is 45.0. The summed E-state index contributed by atoms with van der Waals surface area (Å²) in [4.78, 5) is 1.47. The van der Waals surface area contributed by atoms with E-state index in [0.29, 0.717) is 12.2 Å². The van der Waals surface area contributed by atoms with Crippen molar-refractivity contribution < 1.29 is 22.7 Å². The van der Waals surface area contributed by atoms with Crippen molar-refractivity contribution in [2.24, 2.45) is 0 Å². The predicted octanol–water partition coefficient (Wildman–Crippen LogP) is 0.174. The second-order valence-electron chi connectivity index (χ2n) is 4.74. The molecule has 120 valence electrons. The Morgan fingerprint density at radius 3 is 2.67 bits per heavy atom. The largest absolute Gasteiger partial charge is 0.392 e. The highest BCUT2D eigenvalue weighted by molar-refractivity contribution is 7.89. The number of nitrogens with one attached hydrogen (secondary N) is 1. The molecule has 0 fully saturated rings. The minimum atomic E-state index is -3.95. The molecule has 8 heteroatoms. The summed E-state index contributed by atoms with van der Waals surface area (Å²) in [7, 11) is -0.142. The van der Waals surface area contributed by atoms with E-state index in [1.807, 2.05) is 19.0 Å². The van der Waals surface area contributed by atoms with E-state index in [-0.39, 0.29) is 19.8 Å². The lowest BCUT2D eigenvalue weighted by Gasteiger charge is -2.11. The van der Waals surface area contributed by atoms with E-state index in [2.05, 4.69) is 4.72 Å². The molecule has 21 heavy (non-hydrogen) atoms. The number of rotatable bonds is 9. The van der Waals surface area contributed by atoms with E-state index in [4.69, 9.17) is 9.84 Å². The molecular weight excluding hydrogens is 299 g/mol. The summed E-state index contributed by atoms with van der Waals surface area (Å²) in [6.07, 6.45) is 0. The molecule has 0 radical (unpaired) electrons. The van der Waals surface area contributed by atoms with Crippen LogP contribution in [-0.4, -0.2) is 58.8 Å². The van der Waals surface area contributed by atoms with Crippen LogP contribution >= 0.6 is 0 Å².